The first-order valence-electron chi connectivity index (χ1n) is 5.33. The highest BCUT2D eigenvalue weighted by molar-refractivity contribution is 5.82. The molecular weight excluding hydrogens is 204 g/mol. The molecule has 0 radical (unpaired) electrons. The maximum atomic E-state index is 11.6. The molecule has 0 bridgehead atoms. The van der Waals surface area contributed by atoms with E-state index < -0.39 is 0 Å². The van der Waals surface area contributed by atoms with Gasteiger partial charge in [-0.1, -0.05) is 6.07 Å². The summed E-state index contributed by atoms with van der Waals surface area (Å²) < 4.78 is 5.17. The molecule has 4 nitrogen and oxygen atoms in total. The van der Waals surface area contributed by atoms with Gasteiger partial charge in [0.05, 0.1) is 13.7 Å². The van der Waals surface area contributed by atoms with Gasteiger partial charge in [0, 0.05) is 31.9 Å². The molecule has 1 aromatic rings. The number of carbonyl (C=O) groups excluding carboxylic acids is 1. The molecule has 86 valence electrons. The Kier molecular flexibility index (Phi) is 2.99. The van der Waals surface area contributed by atoms with Gasteiger partial charge >= 0.3 is 0 Å². The van der Waals surface area contributed by atoms with Gasteiger partial charge in [0.25, 0.3) is 0 Å². The summed E-state index contributed by atoms with van der Waals surface area (Å²) in [5.74, 6) is 0.984. The van der Waals surface area contributed by atoms with Crippen LogP contribution < -0.4 is 9.64 Å². The highest BCUT2D eigenvalue weighted by Gasteiger charge is 2.21. The normalized spacial score (nSPS) is 16.5. The van der Waals surface area contributed by atoms with E-state index in [1.807, 2.05) is 31.3 Å². The predicted octanol–water partition coefficient (Wildman–Crippen LogP) is 0.974. The second-order valence-corrected chi connectivity index (χ2v) is 3.94. The highest BCUT2D eigenvalue weighted by atomic mass is 16.5. The van der Waals surface area contributed by atoms with Crippen molar-refractivity contribution >= 4 is 11.6 Å². The molecule has 16 heavy (non-hydrogen) atoms. The molecule has 1 aliphatic rings. The monoisotopic (exact) mass is 220 g/mol. The van der Waals surface area contributed by atoms with E-state index in [-0.39, 0.29) is 5.91 Å². The molecule has 1 aliphatic heterocycles. The zero-order valence-electron chi connectivity index (χ0n) is 9.64. The van der Waals surface area contributed by atoms with E-state index in [0.29, 0.717) is 6.54 Å². The van der Waals surface area contributed by atoms with Crippen molar-refractivity contribution in [3.8, 4) is 5.75 Å². The van der Waals surface area contributed by atoms with Gasteiger partial charge in [-0.15, -0.1) is 0 Å². The molecule has 0 atom stereocenters. The second-order valence-electron chi connectivity index (χ2n) is 3.94. The van der Waals surface area contributed by atoms with Gasteiger partial charge in [0.1, 0.15) is 5.75 Å². The van der Waals surface area contributed by atoms with Crippen LogP contribution in [0.15, 0.2) is 24.3 Å². The van der Waals surface area contributed by atoms with Gasteiger partial charge in [0.15, 0.2) is 0 Å². The number of amides is 1. The third kappa shape index (κ3) is 2.10. The molecule has 1 saturated heterocycles. The maximum absolute atomic E-state index is 11.6. The van der Waals surface area contributed by atoms with Gasteiger partial charge in [-0.3, -0.25) is 4.79 Å². The molecule has 1 fully saturated rings. The van der Waals surface area contributed by atoms with E-state index in [0.717, 1.165) is 24.5 Å². The van der Waals surface area contributed by atoms with E-state index in [1.54, 1.807) is 12.0 Å². The molecule has 1 amide bonds. The van der Waals surface area contributed by atoms with Gasteiger partial charge in [-0.2, -0.15) is 0 Å². The summed E-state index contributed by atoms with van der Waals surface area (Å²) >= 11 is 0. The second kappa shape index (κ2) is 4.43. The van der Waals surface area contributed by atoms with Crippen LogP contribution in [0.5, 0.6) is 5.75 Å². The lowest BCUT2D eigenvalue weighted by molar-refractivity contribution is -0.129. The van der Waals surface area contributed by atoms with Crippen LogP contribution >= 0.6 is 0 Å². The Morgan fingerprint density at radius 1 is 1.31 bits per heavy atom. The zero-order valence-corrected chi connectivity index (χ0v) is 9.64. The van der Waals surface area contributed by atoms with Crippen LogP contribution in [-0.2, 0) is 4.79 Å². The standard InChI is InChI=1S/C12H16N2O2/c1-13-6-7-14(9-12(13)15)10-4-3-5-11(8-10)16-2/h3-5,8H,6-7,9H2,1-2H3. The van der Waals surface area contributed by atoms with Gasteiger partial charge in [0.2, 0.25) is 5.91 Å². The molecule has 1 heterocycles. The van der Waals surface area contributed by atoms with E-state index in [9.17, 15) is 4.79 Å². The fourth-order valence-corrected chi connectivity index (χ4v) is 1.79. The first-order chi connectivity index (χ1) is 7.70. The Morgan fingerprint density at radius 3 is 2.81 bits per heavy atom. The number of methoxy groups -OCH3 is 1. The number of ether oxygens (including phenoxy) is 1. The Labute approximate surface area is 95.4 Å². The number of anilines is 1. The molecule has 0 saturated carbocycles. The number of likely N-dealkylation sites (N-methyl/N-ethyl adjacent to an activating group) is 1. The van der Waals surface area contributed by atoms with Crippen molar-refractivity contribution in [2.45, 2.75) is 0 Å². The average Bonchev–Trinajstić information content (AvgIpc) is 2.33. The van der Waals surface area contributed by atoms with Crippen molar-refractivity contribution in [1.29, 1.82) is 0 Å². The third-order valence-corrected chi connectivity index (χ3v) is 2.88. The molecule has 0 aromatic heterocycles. The van der Waals surface area contributed by atoms with Crippen molar-refractivity contribution in [2.24, 2.45) is 0 Å². The van der Waals surface area contributed by atoms with Crippen LogP contribution in [0.3, 0.4) is 0 Å². The van der Waals surface area contributed by atoms with E-state index in [1.165, 1.54) is 0 Å². The first-order valence-corrected chi connectivity index (χ1v) is 5.33. The lowest BCUT2D eigenvalue weighted by atomic mass is 10.2. The molecule has 0 N–H and O–H groups in total. The van der Waals surface area contributed by atoms with Crippen molar-refractivity contribution in [2.75, 3.05) is 38.7 Å². The topological polar surface area (TPSA) is 32.8 Å². The number of benzene rings is 1. The number of hydrogen-bond acceptors (Lipinski definition) is 3. The maximum Gasteiger partial charge on any atom is 0.241 e. The number of hydrogen-bond donors (Lipinski definition) is 0. The van der Waals surface area contributed by atoms with Crippen LogP contribution in [-0.4, -0.2) is 44.6 Å². The Morgan fingerprint density at radius 2 is 2.12 bits per heavy atom. The zero-order chi connectivity index (χ0) is 11.5. The van der Waals surface area contributed by atoms with Gasteiger partial charge in [-0.05, 0) is 12.1 Å². The highest BCUT2D eigenvalue weighted by Crippen LogP contribution is 2.21. The molecule has 4 heteroatoms. The molecule has 1 aromatic carbocycles. The van der Waals surface area contributed by atoms with E-state index >= 15 is 0 Å². The van der Waals surface area contributed by atoms with E-state index in [4.69, 9.17) is 4.74 Å². The lowest BCUT2D eigenvalue weighted by Gasteiger charge is -2.33. The molecule has 0 spiro atoms. The van der Waals surface area contributed by atoms with Crippen LogP contribution in [0.2, 0.25) is 0 Å². The SMILES string of the molecule is COc1cccc(N2CCN(C)C(=O)C2)c1. The molecule has 0 aliphatic carbocycles. The quantitative estimate of drug-likeness (QED) is 0.744. The van der Waals surface area contributed by atoms with Crippen LogP contribution in [0.25, 0.3) is 0 Å². The number of rotatable bonds is 2. The van der Waals surface area contributed by atoms with Crippen molar-refractivity contribution in [3.63, 3.8) is 0 Å². The van der Waals surface area contributed by atoms with Crippen LogP contribution in [0.4, 0.5) is 5.69 Å². The average molecular weight is 220 g/mol. The van der Waals surface area contributed by atoms with Gasteiger partial charge < -0.3 is 14.5 Å². The summed E-state index contributed by atoms with van der Waals surface area (Å²) in [5.41, 5.74) is 1.04. The minimum atomic E-state index is 0.161. The lowest BCUT2D eigenvalue weighted by Crippen LogP contribution is -2.48. The fraction of sp³-hybridized carbons (Fsp3) is 0.417. The molecular formula is C12H16N2O2. The minimum Gasteiger partial charge on any atom is -0.497 e. The summed E-state index contributed by atoms with van der Waals surface area (Å²) in [6.45, 7) is 2.09. The first kappa shape index (κ1) is 10.8. The van der Waals surface area contributed by atoms with Crippen molar-refractivity contribution in [1.82, 2.24) is 4.90 Å². The summed E-state index contributed by atoms with van der Waals surface area (Å²) in [4.78, 5) is 15.4. The van der Waals surface area contributed by atoms with Crippen LogP contribution in [0.1, 0.15) is 0 Å². The summed E-state index contributed by atoms with van der Waals surface area (Å²) in [6.07, 6.45) is 0. The Bertz CT molecular complexity index is 392. The summed E-state index contributed by atoms with van der Waals surface area (Å²) in [5, 5.41) is 0. The largest absolute Gasteiger partial charge is 0.497 e. The third-order valence-electron chi connectivity index (χ3n) is 2.88. The Hall–Kier alpha value is -1.71. The Balaban J connectivity index is 2.15. The van der Waals surface area contributed by atoms with E-state index in [2.05, 4.69) is 4.90 Å². The van der Waals surface area contributed by atoms with Crippen molar-refractivity contribution in [3.05, 3.63) is 24.3 Å². The number of nitrogens with zero attached hydrogens (tertiary/aromatic N) is 2. The number of carbonyl (C=O) groups is 1. The minimum absolute atomic E-state index is 0.161. The summed E-state index contributed by atoms with van der Waals surface area (Å²) in [7, 11) is 3.49. The fourth-order valence-electron chi connectivity index (χ4n) is 1.79. The number of piperazine rings is 1. The summed E-state index contributed by atoms with van der Waals surface area (Å²) in [6, 6.07) is 7.80. The van der Waals surface area contributed by atoms with Crippen LogP contribution in [0, 0.1) is 0 Å². The predicted molar refractivity (Wildman–Crippen MR) is 62.8 cm³/mol. The van der Waals surface area contributed by atoms with Gasteiger partial charge in [-0.25, -0.2) is 0 Å². The smallest absolute Gasteiger partial charge is 0.241 e. The molecule has 0 unspecified atom stereocenters. The molecule has 2 rings (SSSR count). The van der Waals surface area contributed by atoms with Crippen molar-refractivity contribution < 1.29 is 9.53 Å².